The number of para-hydroxylation sites is 1. The molecule has 17 heteroatoms. The molecule has 5 N–H and O–H groups in total. The first-order valence-corrected chi connectivity index (χ1v) is 12.3. The number of benzene rings is 1. The average molecular weight is 542 g/mol. The van der Waals surface area contributed by atoms with Crippen LogP contribution < -0.4 is 10.8 Å². The summed E-state index contributed by atoms with van der Waals surface area (Å²) in [6.45, 7) is 0.632. The molecule has 4 rings (SSSR count). The zero-order valence-electron chi connectivity index (χ0n) is 19.5. The number of phosphoric ester groups is 1. The highest BCUT2D eigenvalue weighted by atomic mass is 31.2. The highest BCUT2D eigenvalue weighted by Crippen LogP contribution is 2.45. The zero-order valence-corrected chi connectivity index (χ0v) is 20.4. The Morgan fingerprint density at radius 3 is 2.68 bits per heavy atom. The number of phosphoric acid groups is 1. The van der Waals surface area contributed by atoms with Crippen LogP contribution in [0.2, 0.25) is 0 Å². The van der Waals surface area contributed by atoms with Crippen molar-refractivity contribution >= 4 is 36.5 Å². The van der Waals surface area contributed by atoms with Crippen molar-refractivity contribution in [2.24, 2.45) is 0 Å². The van der Waals surface area contributed by atoms with Crippen molar-refractivity contribution in [1.82, 2.24) is 19.5 Å². The monoisotopic (exact) mass is 542 g/mol. The molecule has 0 spiro atoms. The van der Waals surface area contributed by atoms with E-state index in [1.165, 1.54) is 19.1 Å². The molecule has 3 aromatic rings. The molecule has 1 aromatic carbocycles. The number of hydrogen-bond donors (Lipinski definition) is 4. The summed E-state index contributed by atoms with van der Waals surface area (Å²) in [5.41, 5.74) is 6.04. The third kappa shape index (κ3) is 5.55. The Kier molecular flexibility index (Phi) is 7.70. The number of carbonyl (C=O) groups excluding carboxylic acids is 1. The summed E-state index contributed by atoms with van der Waals surface area (Å²) < 4.78 is 42.2. The van der Waals surface area contributed by atoms with E-state index in [0.29, 0.717) is 5.69 Å². The van der Waals surface area contributed by atoms with Crippen molar-refractivity contribution < 1.29 is 47.5 Å². The number of aliphatic hydroxyl groups excluding tert-OH is 2. The van der Waals surface area contributed by atoms with Crippen molar-refractivity contribution in [1.29, 1.82) is 0 Å². The summed E-state index contributed by atoms with van der Waals surface area (Å²) in [6, 6.07) is 7.34. The van der Waals surface area contributed by atoms with Crippen LogP contribution in [-0.2, 0) is 28.0 Å². The van der Waals surface area contributed by atoms with E-state index in [9.17, 15) is 28.9 Å². The predicted octanol–water partition coefficient (Wildman–Crippen LogP) is 0.283. The van der Waals surface area contributed by atoms with E-state index in [1.807, 2.05) is 0 Å². The number of aromatic nitrogens is 4. The van der Waals surface area contributed by atoms with Crippen LogP contribution in [0.3, 0.4) is 0 Å². The average Bonchev–Trinajstić information content (AvgIpc) is 3.39. The lowest BCUT2D eigenvalue weighted by Gasteiger charge is -2.27. The fraction of sp³-hybridized carbons (Fsp3) is 0.400. The van der Waals surface area contributed by atoms with Gasteiger partial charge in [0.05, 0.1) is 25.7 Å². The van der Waals surface area contributed by atoms with Gasteiger partial charge in [-0.05, 0) is 19.1 Å². The Bertz CT molecular complexity index is 1310. The fourth-order valence-electron chi connectivity index (χ4n) is 3.74. The van der Waals surface area contributed by atoms with Gasteiger partial charge in [-0.2, -0.15) is 14.4 Å². The number of halogens is 1. The van der Waals surface area contributed by atoms with Crippen LogP contribution in [0.25, 0.3) is 11.2 Å². The first-order chi connectivity index (χ1) is 17.5. The maximum Gasteiger partial charge on any atom is 0.529 e. The van der Waals surface area contributed by atoms with E-state index in [0.717, 1.165) is 10.9 Å². The first kappa shape index (κ1) is 26.8. The van der Waals surface area contributed by atoms with Crippen LogP contribution in [-0.4, -0.2) is 78.7 Å². The van der Waals surface area contributed by atoms with Crippen molar-refractivity contribution in [3.8, 4) is 0 Å². The molecular weight excluding hydrogens is 518 g/mol. The third-order valence-corrected chi connectivity index (χ3v) is 6.43. The number of nitrogens with zero attached hydrogens (tertiary/aromatic N) is 5. The SMILES string of the molecule is CON(c1ccccc1)[C@@H](C)C(=O)OP(=O)(O)OC[C@H]1O[C@@H](n2cnc3c(N)nc(F)nc32)[C@@H](O)[C@@H]1O. The van der Waals surface area contributed by atoms with Crippen LogP contribution in [0.15, 0.2) is 36.7 Å². The Balaban J connectivity index is 1.40. The number of fused-ring (bicyclic) bond motifs is 1. The summed E-state index contributed by atoms with van der Waals surface area (Å²) in [5.74, 6) is -1.38. The molecule has 1 aliphatic heterocycles. The maximum atomic E-state index is 13.6. The lowest BCUT2D eigenvalue weighted by Crippen LogP contribution is -2.39. The standard InChI is InChI=1S/C20H24FN6O9P/c1-10(27(33-2)11-6-4-3-5-7-11)19(30)36-37(31,32)34-8-12-14(28)15(29)18(35-12)26-9-23-13-16(22)24-20(21)25-17(13)26/h3-7,9-10,12,14-15,18,28-29H,8H2,1-2H3,(H,31,32)(H2,22,24,25)/t10-,12+,14+,15-,18+/m0/s1. The number of rotatable bonds is 9. The second-order valence-corrected chi connectivity index (χ2v) is 9.32. The Hall–Kier alpha value is -3.24. The minimum absolute atomic E-state index is 0.0351. The van der Waals surface area contributed by atoms with Gasteiger partial charge in [0.25, 0.3) is 0 Å². The summed E-state index contributed by atoms with van der Waals surface area (Å²) in [7, 11) is -3.68. The Labute approximate surface area is 208 Å². The second kappa shape index (κ2) is 10.6. The van der Waals surface area contributed by atoms with Gasteiger partial charge in [0.2, 0.25) is 0 Å². The summed E-state index contributed by atoms with van der Waals surface area (Å²) in [6.07, 6.45) is -5.87. The van der Waals surface area contributed by atoms with E-state index in [4.69, 9.17) is 19.8 Å². The predicted molar refractivity (Wildman–Crippen MR) is 123 cm³/mol. The molecule has 37 heavy (non-hydrogen) atoms. The number of hydrogen-bond acceptors (Lipinski definition) is 13. The second-order valence-electron chi connectivity index (χ2n) is 7.94. The van der Waals surface area contributed by atoms with Crippen molar-refractivity contribution in [3.05, 3.63) is 42.7 Å². The lowest BCUT2D eigenvalue weighted by molar-refractivity contribution is -0.139. The molecule has 1 aliphatic rings. The number of nitrogen functional groups attached to an aromatic ring is 1. The number of aliphatic hydroxyl groups is 2. The number of carbonyl (C=O) groups is 1. The van der Waals surface area contributed by atoms with Gasteiger partial charge in [0.15, 0.2) is 29.3 Å². The van der Waals surface area contributed by atoms with Crippen molar-refractivity contribution in [2.45, 2.75) is 37.5 Å². The van der Waals surface area contributed by atoms with E-state index < -0.39 is 57.1 Å². The molecule has 0 aliphatic carbocycles. The molecule has 1 fully saturated rings. The molecule has 1 unspecified atom stereocenters. The lowest BCUT2D eigenvalue weighted by atomic mass is 10.1. The molecule has 200 valence electrons. The zero-order chi connectivity index (χ0) is 26.9. The van der Waals surface area contributed by atoms with Crippen molar-refractivity contribution in [2.75, 3.05) is 24.5 Å². The molecule has 0 radical (unpaired) electrons. The molecule has 6 atom stereocenters. The van der Waals surface area contributed by atoms with Crippen LogP contribution in [0.5, 0.6) is 0 Å². The topological polar surface area (TPSA) is 205 Å². The van der Waals surface area contributed by atoms with Gasteiger partial charge in [-0.1, -0.05) is 18.2 Å². The Morgan fingerprint density at radius 2 is 2.00 bits per heavy atom. The molecule has 2 aromatic heterocycles. The number of nitrogens with two attached hydrogens (primary N) is 1. The van der Waals surface area contributed by atoms with Gasteiger partial charge in [-0.15, -0.1) is 0 Å². The minimum atomic E-state index is -4.99. The van der Waals surface area contributed by atoms with Crippen LogP contribution in [0.1, 0.15) is 13.2 Å². The maximum absolute atomic E-state index is 13.6. The van der Waals surface area contributed by atoms with Gasteiger partial charge in [-0.25, -0.2) is 19.4 Å². The molecule has 15 nitrogen and oxygen atoms in total. The first-order valence-electron chi connectivity index (χ1n) is 10.8. The summed E-state index contributed by atoms with van der Waals surface area (Å²) in [5, 5.41) is 22.0. The molecule has 3 heterocycles. The number of hydroxylamine groups is 1. The van der Waals surface area contributed by atoms with E-state index in [-0.39, 0.29) is 17.0 Å². The largest absolute Gasteiger partial charge is 0.529 e. The highest BCUT2D eigenvalue weighted by Gasteiger charge is 2.46. The number of imidazole rings is 1. The van der Waals surface area contributed by atoms with Gasteiger partial charge < -0.3 is 25.2 Å². The highest BCUT2D eigenvalue weighted by molar-refractivity contribution is 7.48. The van der Waals surface area contributed by atoms with E-state index in [2.05, 4.69) is 19.5 Å². The van der Waals surface area contributed by atoms with Gasteiger partial charge >= 0.3 is 19.9 Å². The minimum Gasteiger partial charge on any atom is -0.387 e. The number of anilines is 2. The summed E-state index contributed by atoms with van der Waals surface area (Å²) in [4.78, 5) is 38.6. The normalized spacial score (nSPS) is 24.1. The quantitative estimate of drug-likeness (QED) is 0.163. The van der Waals surface area contributed by atoms with Crippen molar-refractivity contribution in [3.63, 3.8) is 0 Å². The van der Waals surface area contributed by atoms with Crippen LogP contribution >= 0.6 is 7.82 Å². The molecular formula is C20H24FN6O9P. The molecule has 0 saturated carbocycles. The molecule has 1 saturated heterocycles. The molecule has 0 amide bonds. The van der Waals surface area contributed by atoms with Crippen LogP contribution in [0, 0.1) is 6.08 Å². The van der Waals surface area contributed by atoms with E-state index >= 15 is 0 Å². The number of ether oxygens (including phenoxy) is 1. The van der Waals surface area contributed by atoms with Gasteiger partial charge in [0, 0.05) is 0 Å². The van der Waals surface area contributed by atoms with Crippen LogP contribution in [0.4, 0.5) is 15.9 Å². The molecule has 0 bridgehead atoms. The smallest absolute Gasteiger partial charge is 0.387 e. The Morgan fingerprint density at radius 1 is 1.30 bits per heavy atom. The fourth-order valence-corrected chi connectivity index (χ4v) is 4.50. The van der Waals surface area contributed by atoms with Gasteiger partial charge in [-0.3, -0.25) is 18.8 Å². The van der Waals surface area contributed by atoms with E-state index in [1.54, 1.807) is 30.3 Å². The third-order valence-electron chi connectivity index (χ3n) is 5.54. The van der Waals surface area contributed by atoms with Gasteiger partial charge in [0.1, 0.15) is 18.3 Å². The summed E-state index contributed by atoms with van der Waals surface area (Å²) >= 11 is 0.